The molecule has 17 heavy (non-hydrogen) atoms. The first-order chi connectivity index (χ1) is 8.00. The Hall–Kier alpha value is -0.0800. The predicted octanol–water partition coefficient (Wildman–Crippen LogP) is 3.28. The van der Waals surface area contributed by atoms with Crippen LogP contribution < -0.4 is 5.32 Å². The maximum atomic E-state index is 3.73. The van der Waals surface area contributed by atoms with Crippen molar-refractivity contribution in [1.29, 1.82) is 0 Å². The first-order valence-electron chi connectivity index (χ1n) is 7.49. The summed E-state index contributed by atoms with van der Waals surface area (Å²) in [7, 11) is 0. The minimum absolute atomic E-state index is 0.316. The van der Waals surface area contributed by atoms with E-state index in [2.05, 4.69) is 44.8 Å². The van der Waals surface area contributed by atoms with E-state index in [1.807, 2.05) is 0 Å². The van der Waals surface area contributed by atoms with Crippen molar-refractivity contribution in [1.82, 2.24) is 10.2 Å². The van der Waals surface area contributed by atoms with Gasteiger partial charge in [0, 0.05) is 24.7 Å². The largest absolute Gasteiger partial charge is 0.310 e. The standard InChI is InChI=1S/C15H32N2/c1-6-8-13(3)11-17-12-15(5,7-2)16-10-9-14(17)4/h13-14,16H,6-12H2,1-5H3. The number of rotatable bonds is 5. The van der Waals surface area contributed by atoms with Crippen LogP contribution in [0, 0.1) is 5.92 Å². The van der Waals surface area contributed by atoms with Crippen LogP contribution in [0.2, 0.25) is 0 Å². The van der Waals surface area contributed by atoms with E-state index in [1.54, 1.807) is 0 Å². The van der Waals surface area contributed by atoms with Crippen molar-refractivity contribution in [3.63, 3.8) is 0 Å². The normalized spacial score (nSPS) is 33.4. The molecule has 0 radical (unpaired) electrons. The Kier molecular flexibility index (Phi) is 5.94. The minimum atomic E-state index is 0.316. The Morgan fingerprint density at radius 2 is 2.12 bits per heavy atom. The Morgan fingerprint density at radius 3 is 2.71 bits per heavy atom. The van der Waals surface area contributed by atoms with Gasteiger partial charge in [-0.1, -0.05) is 27.2 Å². The molecule has 3 atom stereocenters. The molecule has 3 unspecified atom stereocenters. The molecule has 0 saturated carbocycles. The van der Waals surface area contributed by atoms with Crippen molar-refractivity contribution in [2.75, 3.05) is 19.6 Å². The molecule has 1 rings (SSSR count). The summed E-state index contributed by atoms with van der Waals surface area (Å²) in [6.45, 7) is 15.4. The lowest BCUT2D eigenvalue weighted by Gasteiger charge is -2.36. The van der Waals surface area contributed by atoms with Gasteiger partial charge in [-0.15, -0.1) is 0 Å². The van der Waals surface area contributed by atoms with Crippen LogP contribution in [0.15, 0.2) is 0 Å². The molecule has 0 amide bonds. The fraction of sp³-hybridized carbons (Fsp3) is 1.00. The second-order valence-corrected chi connectivity index (χ2v) is 6.30. The van der Waals surface area contributed by atoms with Gasteiger partial charge in [0.1, 0.15) is 0 Å². The fourth-order valence-corrected chi connectivity index (χ4v) is 2.89. The molecule has 1 aliphatic rings. The summed E-state index contributed by atoms with van der Waals surface area (Å²) >= 11 is 0. The van der Waals surface area contributed by atoms with Gasteiger partial charge < -0.3 is 5.32 Å². The Balaban J connectivity index is 2.59. The first kappa shape index (κ1) is 15.0. The van der Waals surface area contributed by atoms with Crippen molar-refractivity contribution < 1.29 is 0 Å². The topological polar surface area (TPSA) is 15.3 Å². The third-order valence-corrected chi connectivity index (χ3v) is 4.40. The Morgan fingerprint density at radius 1 is 1.41 bits per heavy atom. The van der Waals surface area contributed by atoms with E-state index < -0.39 is 0 Å². The van der Waals surface area contributed by atoms with Crippen LogP contribution in [0.5, 0.6) is 0 Å². The van der Waals surface area contributed by atoms with Gasteiger partial charge >= 0.3 is 0 Å². The lowest BCUT2D eigenvalue weighted by Crippen LogP contribution is -2.50. The monoisotopic (exact) mass is 240 g/mol. The van der Waals surface area contributed by atoms with Crippen LogP contribution in [-0.2, 0) is 0 Å². The fourth-order valence-electron chi connectivity index (χ4n) is 2.89. The van der Waals surface area contributed by atoms with Gasteiger partial charge in [0.2, 0.25) is 0 Å². The van der Waals surface area contributed by atoms with E-state index in [4.69, 9.17) is 0 Å². The zero-order valence-electron chi connectivity index (χ0n) is 12.6. The number of hydrogen-bond donors (Lipinski definition) is 1. The second-order valence-electron chi connectivity index (χ2n) is 6.30. The second kappa shape index (κ2) is 6.75. The van der Waals surface area contributed by atoms with Crippen molar-refractivity contribution in [2.45, 2.75) is 71.9 Å². The SMILES string of the molecule is CCCC(C)CN1CC(C)(CC)NCCC1C. The van der Waals surface area contributed by atoms with E-state index in [-0.39, 0.29) is 0 Å². The summed E-state index contributed by atoms with van der Waals surface area (Å²) in [4.78, 5) is 2.71. The zero-order chi connectivity index (χ0) is 12.9. The van der Waals surface area contributed by atoms with Gasteiger partial charge in [0.15, 0.2) is 0 Å². The summed E-state index contributed by atoms with van der Waals surface area (Å²) in [5, 5.41) is 3.73. The number of hydrogen-bond acceptors (Lipinski definition) is 2. The van der Waals surface area contributed by atoms with Crippen molar-refractivity contribution >= 4 is 0 Å². The molecule has 1 aliphatic heterocycles. The van der Waals surface area contributed by atoms with Gasteiger partial charge in [0.05, 0.1) is 0 Å². The Labute approximate surface area is 108 Å². The predicted molar refractivity (Wildman–Crippen MR) is 76.4 cm³/mol. The minimum Gasteiger partial charge on any atom is -0.310 e. The van der Waals surface area contributed by atoms with Gasteiger partial charge in [-0.25, -0.2) is 0 Å². The third-order valence-electron chi connectivity index (χ3n) is 4.40. The molecule has 0 bridgehead atoms. The summed E-state index contributed by atoms with van der Waals surface area (Å²) in [6.07, 6.45) is 5.18. The van der Waals surface area contributed by atoms with Crippen molar-refractivity contribution in [3.8, 4) is 0 Å². The van der Waals surface area contributed by atoms with E-state index in [1.165, 1.54) is 45.3 Å². The highest BCUT2D eigenvalue weighted by atomic mass is 15.2. The molecule has 1 saturated heterocycles. The molecule has 102 valence electrons. The van der Waals surface area contributed by atoms with Crippen molar-refractivity contribution in [2.24, 2.45) is 5.92 Å². The van der Waals surface area contributed by atoms with Crippen LogP contribution in [0.25, 0.3) is 0 Å². The van der Waals surface area contributed by atoms with E-state index >= 15 is 0 Å². The van der Waals surface area contributed by atoms with E-state index in [9.17, 15) is 0 Å². The van der Waals surface area contributed by atoms with Gasteiger partial charge in [0.25, 0.3) is 0 Å². The van der Waals surface area contributed by atoms with Gasteiger partial charge in [-0.05, 0) is 45.6 Å². The maximum Gasteiger partial charge on any atom is 0.0277 e. The highest BCUT2D eigenvalue weighted by Gasteiger charge is 2.30. The van der Waals surface area contributed by atoms with Gasteiger partial charge in [-0.3, -0.25) is 4.90 Å². The molecule has 0 spiro atoms. The summed E-state index contributed by atoms with van der Waals surface area (Å²) < 4.78 is 0. The molecule has 1 heterocycles. The Bertz CT molecular complexity index is 217. The van der Waals surface area contributed by atoms with Crippen LogP contribution in [0.1, 0.15) is 60.3 Å². The number of nitrogens with zero attached hydrogens (tertiary/aromatic N) is 1. The molecule has 0 aliphatic carbocycles. The quantitative estimate of drug-likeness (QED) is 0.793. The summed E-state index contributed by atoms with van der Waals surface area (Å²) in [6, 6.07) is 0.732. The van der Waals surface area contributed by atoms with Crippen LogP contribution in [0.4, 0.5) is 0 Å². The molecule has 1 fully saturated rings. The van der Waals surface area contributed by atoms with Crippen LogP contribution in [-0.4, -0.2) is 36.1 Å². The molecule has 0 aromatic rings. The molecule has 2 nitrogen and oxygen atoms in total. The summed E-state index contributed by atoms with van der Waals surface area (Å²) in [5.41, 5.74) is 0.316. The average molecular weight is 240 g/mol. The first-order valence-corrected chi connectivity index (χ1v) is 7.49. The average Bonchev–Trinajstić information content (AvgIpc) is 2.40. The zero-order valence-corrected chi connectivity index (χ0v) is 12.6. The summed E-state index contributed by atoms with van der Waals surface area (Å²) in [5.74, 6) is 0.835. The number of nitrogens with one attached hydrogen (secondary N) is 1. The van der Waals surface area contributed by atoms with Gasteiger partial charge in [-0.2, -0.15) is 0 Å². The van der Waals surface area contributed by atoms with Crippen molar-refractivity contribution in [3.05, 3.63) is 0 Å². The molecular formula is C15H32N2. The smallest absolute Gasteiger partial charge is 0.0277 e. The van der Waals surface area contributed by atoms with E-state index in [0.717, 1.165) is 12.0 Å². The molecular weight excluding hydrogens is 208 g/mol. The maximum absolute atomic E-state index is 3.73. The highest BCUT2D eigenvalue weighted by Crippen LogP contribution is 2.21. The molecule has 1 N–H and O–H groups in total. The highest BCUT2D eigenvalue weighted by molar-refractivity contribution is 4.90. The van der Waals surface area contributed by atoms with Crippen LogP contribution in [0.3, 0.4) is 0 Å². The molecule has 0 aromatic heterocycles. The third kappa shape index (κ3) is 4.59. The molecule has 2 heteroatoms. The van der Waals surface area contributed by atoms with E-state index in [0.29, 0.717) is 5.54 Å². The lowest BCUT2D eigenvalue weighted by atomic mass is 9.97. The van der Waals surface area contributed by atoms with Crippen LogP contribution >= 0.6 is 0 Å². The lowest BCUT2D eigenvalue weighted by molar-refractivity contribution is 0.147. The molecule has 0 aromatic carbocycles.